The molecule has 0 bridgehead atoms. The molecule has 1 unspecified atom stereocenters. The standard InChI is InChI=1S/C17H17N5O5S2/c1-3-5-27-21-10(9-7-29-17(18)19-9)13(23)20-11-14(24)22-12(16(25)26)8(4-2)6-28-15(11)22/h3-4,7,11,15H,1-2,5-6H2,(H2,18,19)(H,20,23)(H,25,26)/t11?,15-/m0/s1. The Kier molecular flexibility index (Phi) is 6.03. The van der Waals surface area contributed by atoms with Gasteiger partial charge in [0, 0.05) is 11.1 Å². The van der Waals surface area contributed by atoms with Crippen molar-refractivity contribution in [3.63, 3.8) is 0 Å². The van der Waals surface area contributed by atoms with E-state index in [1.54, 1.807) is 0 Å². The summed E-state index contributed by atoms with van der Waals surface area (Å²) in [7, 11) is 0. The van der Waals surface area contributed by atoms with E-state index in [0.717, 1.165) is 16.2 Å². The summed E-state index contributed by atoms with van der Waals surface area (Å²) in [5, 5.41) is 17.1. The predicted molar refractivity (Wildman–Crippen MR) is 109 cm³/mol. The third-order valence-electron chi connectivity index (χ3n) is 4.06. The Labute approximate surface area is 173 Å². The quantitative estimate of drug-likeness (QED) is 0.176. The number of amides is 2. The van der Waals surface area contributed by atoms with Gasteiger partial charge in [-0.25, -0.2) is 9.78 Å². The summed E-state index contributed by atoms with van der Waals surface area (Å²) in [4.78, 5) is 47.1. The minimum atomic E-state index is -1.22. The van der Waals surface area contributed by atoms with Gasteiger partial charge >= 0.3 is 5.97 Å². The van der Waals surface area contributed by atoms with Crippen LogP contribution in [-0.2, 0) is 19.2 Å². The average molecular weight is 435 g/mol. The SMILES string of the molecule is C=CCON=C(C(=O)NC1C(=O)N2C(C(=O)O)=C(C=C)CS[C@@H]12)c1csc(N)n1. The summed E-state index contributed by atoms with van der Waals surface area (Å²) in [5.41, 5.74) is 6.01. The van der Waals surface area contributed by atoms with Crippen LogP contribution in [0.2, 0.25) is 0 Å². The molecule has 0 saturated carbocycles. The van der Waals surface area contributed by atoms with Crippen LogP contribution in [0.1, 0.15) is 5.69 Å². The van der Waals surface area contributed by atoms with Crippen molar-refractivity contribution >= 4 is 51.7 Å². The first-order valence-corrected chi connectivity index (χ1v) is 10.2. The summed E-state index contributed by atoms with van der Waals surface area (Å²) in [6, 6.07) is -0.909. The molecule has 2 aliphatic heterocycles. The van der Waals surface area contributed by atoms with Gasteiger partial charge in [0.25, 0.3) is 11.8 Å². The second kappa shape index (κ2) is 8.49. The van der Waals surface area contributed by atoms with Crippen LogP contribution in [-0.4, -0.2) is 62.3 Å². The topological polar surface area (TPSA) is 147 Å². The number of carboxylic acids is 1. The zero-order valence-corrected chi connectivity index (χ0v) is 16.7. The van der Waals surface area contributed by atoms with Crippen LogP contribution in [0.15, 0.2) is 47.1 Å². The van der Waals surface area contributed by atoms with Gasteiger partial charge in [0.2, 0.25) is 0 Å². The van der Waals surface area contributed by atoms with Crippen LogP contribution < -0.4 is 11.1 Å². The molecule has 29 heavy (non-hydrogen) atoms. The first-order chi connectivity index (χ1) is 13.9. The molecule has 1 aromatic heterocycles. The average Bonchev–Trinajstić information content (AvgIpc) is 3.13. The molecule has 10 nitrogen and oxygen atoms in total. The Morgan fingerprint density at radius 1 is 1.52 bits per heavy atom. The molecule has 0 spiro atoms. The number of allylic oxidation sites excluding steroid dienone is 1. The molecule has 3 rings (SSSR count). The van der Waals surface area contributed by atoms with Crippen LogP contribution in [0, 0.1) is 0 Å². The number of carbonyl (C=O) groups is 3. The van der Waals surface area contributed by atoms with Crippen molar-refractivity contribution in [1.29, 1.82) is 0 Å². The number of fused-ring (bicyclic) bond motifs is 1. The maximum Gasteiger partial charge on any atom is 0.352 e. The Morgan fingerprint density at radius 3 is 2.86 bits per heavy atom. The lowest BCUT2D eigenvalue weighted by Gasteiger charge is -2.49. The van der Waals surface area contributed by atoms with Crippen LogP contribution in [0.5, 0.6) is 0 Å². The number of hydrogen-bond acceptors (Lipinski definition) is 9. The van der Waals surface area contributed by atoms with E-state index in [0.29, 0.717) is 11.3 Å². The summed E-state index contributed by atoms with van der Waals surface area (Å²) >= 11 is 2.46. The molecular weight excluding hydrogens is 418 g/mol. The third-order valence-corrected chi connectivity index (χ3v) is 6.04. The predicted octanol–water partition coefficient (Wildman–Crippen LogP) is 0.557. The fourth-order valence-electron chi connectivity index (χ4n) is 2.76. The van der Waals surface area contributed by atoms with Crippen molar-refractivity contribution in [3.05, 3.63) is 47.7 Å². The lowest BCUT2D eigenvalue weighted by molar-refractivity contribution is -0.150. The van der Waals surface area contributed by atoms with E-state index in [-0.39, 0.29) is 28.8 Å². The van der Waals surface area contributed by atoms with Gasteiger partial charge in [-0.3, -0.25) is 14.5 Å². The molecule has 1 fully saturated rings. The molecule has 12 heteroatoms. The minimum Gasteiger partial charge on any atom is -0.477 e. The van der Waals surface area contributed by atoms with E-state index in [9.17, 15) is 19.5 Å². The number of carboxylic acid groups (broad SMARTS) is 1. The fourth-order valence-corrected chi connectivity index (χ4v) is 4.65. The molecule has 3 heterocycles. The number of aromatic nitrogens is 1. The molecule has 0 aliphatic carbocycles. The molecule has 0 radical (unpaired) electrons. The van der Waals surface area contributed by atoms with Gasteiger partial charge in [-0.05, 0) is 5.57 Å². The lowest BCUT2D eigenvalue weighted by Crippen LogP contribution is -2.71. The van der Waals surface area contributed by atoms with Crippen LogP contribution in [0.25, 0.3) is 0 Å². The highest BCUT2D eigenvalue weighted by atomic mass is 32.2. The highest BCUT2D eigenvalue weighted by Crippen LogP contribution is 2.40. The second-order valence-corrected chi connectivity index (χ2v) is 7.83. The molecule has 2 aliphatic rings. The summed E-state index contributed by atoms with van der Waals surface area (Å²) in [6.07, 6.45) is 2.87. The lowest BCUT2D eigenvalue weighted by atomic mass is 10.0. The molecule has 2 amide bonds. The number of nitrogens with zero attached hydrogens (tertiary/aromatic N) is 3. The normalized spacial score (nSPS) is 21.2. The number of β-lactam (4-membered cyclic amide) rings is 1. The van der Waals surface area contributed by atoms with Crippen LogP contribution in [0.3, 0.4) is 0 Å². The maximum atomic E-state index is 12.8. The number of nitrogens with two attached hydrogens (primary N) is 1. The highest BCUT2D eigenvalue weighted by Gasteiger charge is 2.54. The van der Waals surface area contributed by atoms with Gasteiger partial charge in [-0.15, -0.1) is 23.1 Å². The first kappa shape index (κ1) is 20.6. The van der Waals surface area contributed by atoms with Gasteiger partial charge in [-0.1, -0.05) is 30.5 Å². The van der Waals surface area contributed by atoms with Crippen molar-refractivity contribution in [2.75, 3.05) is 18.1 Å². The minimum absolute atomic E-state index is 0.0715. The van der Waals surface area contributed by atoms with Gasteiger partial charge < -0.3 is 21.0 Å². The number of anilines is 1. The molecule has 1 saturated heterocycles. The Hall–Kier alpha value is -3.12. The van der Waals surface area contributed by atoms with Crippen LogP contribution >= 0.6 is 23.1 Å². The number of carbonyl (C=O) groups excluding carboxylic acids is 2. The van der Waals surface area contributed by atoms with Crippen molar-refractivity contribution < 1.29 is 24.3 Å². The molecule has 2 atom stereocenters. The molecule has 1 aromatic rings. The summed E-state index contributed by atoms with van der Waals surface area (Å²) in [5.74, 6) is -2.08. The van der Waals surface area contributed by atoms with E-state index < -0.39 is 29.2 Å². The van der Waals surface area contributed by atoms with E-state index in [1.807, 2.05) is 0 Å². The number of thiazole rings is 1. The zero-order chi connectivity index (χ0) is 21.1. The van der Waals surface area contributed by atoms with E-state index >= 15 is 0 Å². The number of nitrogens with one attached hydrogen (secondary N) is 1. The van der Waals surface area contributed by atoms with E-state index in [1.165, 1.54) is 29.3 Å². The van der Waals surface area contributed by atoms with Crippen molar-refractivity contribution in [1.82, 2.24) is 15.2 Å². The largest absolute Gasteiger partial charge is 0.477 e. The number of rotatable bonds is 8. The van der Waals surface area contributed by atoms with Gasteiger partial charge in [-0.2, -0.15) is 0 Å². The third kappa shape index (κ3) is 3.89. The number of hydrogen-bond donors (Lipinski definition) is 3. The fraction of sp³-hybridized carbons (Fsp3) is 0.235. The molecule has 152 valence electrons. The first-order valence-electron chi connectivity index (χ1n) is 8.25. The summed E-state index contributed by atoms with van der Waals surface area (Å²) < 4.78 is 0. The molecular formula is C17H17N5O5S2. The number of thioether (sulfide) groups is 1. The maximum absolute atomic E-state index is 12.8. The summed E-state index contributed by atoms with van der Waals surface area (Å²) in [6.45, 7) is 7.16. The van der Waals surface area contributed by atoms with Crippen LogP contribution in [0.4, 0.5) is 5.13 Å². The van der Waals surface area contributed by atoms with Crippen molar-refractivity contribution in [2.24, 2.45) is 5.16 Å². The molecule has 0 aromatic carbocycles. The number of nitrogen functional groups attached to an aromatic ring is 1. The van der Waals surface area contributed by atoms with Gasteiger partial charge in [0.1, 0.15) is 29.4 Å². The smallest absolute Gasteiger partial charge is 0.352 e. The Morgan fingerprint density at radius 2 is 2.28 bits per heavy atom. The van der Waals surface area contributed by atoms with E-state index in [4.69, 9.17) is 10.6 Å². The number of aliphatic carboxylic acids is 1. The van der Waals surface area contributed by atoms with E-state index in [2.05, 4.69) is 28.6 Å². The van der Waals surface area contributed by atoms with Crippen molar-refractivity contribution in [2.45, 2.75) is 11.4 Å². The monoisotopic (exact) mass is 435 g/mol. The molecule has 4 N–H and O–H groups in total. The van der Waals surface area contributed by atoms with Gasteiger partial charge in [0.05, 0.1) is 0 Å². The zero-order valence-electron chi connectivity index (χ0n) is 15.0. The number of oxime groups is 1. The van der Waals surface area contributed by atoms with Gasteiger partial charge in [0.15, 0.2) is 10.8 Å². The second-order valence-electron chi connectivity index (χ2n) is 5.84. The van der Waals surface area contributed by atoms with Crippen molar-refractivity contribution in [3.8, 4) is 0 Å². The highest BCUT2D eigenvalue weighted by molar-refractivity contribution is 8.00. The Balaban J connectivity index is 1.80. The Bertz CT molecular complexity index is 954.